The summed E-state index contributed by atoms with van der Waals surface area (Å²) in [7, 11) is 0. The summed E-state index contributed by atoms with van der Waals surface area (Å²) in [5.41, 5.74) is 4.48. The highest BCUT2D eigenvalue weighted by Gasteiger charge is 2.51. The van der Waals surface area contributed by atoms with Gasteiger partial charge in [-0.2, -0.15) is 14.4 Å². The molecule has 1 amide bonds. The molecule has 0 radical (unpaired) electrons. The average Bonchev–Trinajstić information content (AvgIpc) is 3.30. The van der Waals surface area contributed by atoms with E-state index in [0.29, 0.717) is 19.0 Å². The summed E-state index contributed by atoms with van der Waals surface area (Å²) in [5.74, 6) is 2.87. The Hall–Kier alpha value is -2.97. The fraction of sp³-hybridized carbons (Fsp3) is 0.579. The highest BCUT2D eigenvalue weighted by atomic mass is 19.1. The standard InChI is InChI=1S/C19H23FN6O4/c1-3-19(9-27)12(29-18(28)25-6-4-11(2)5-7-25)8-13(30-19)26-10-22-14-15(21)23-17(20)24-16(14)26/h1,10-13,27H,4-9H2,2H3,(H2,21,23,24)/t12-,13+,19+/m0/s1. The zero-order chi connectivity index (χ0) is 21.5. The first-order chi connectivity index (χ1) is 14.4. The number of amides is 1. The SMILES string of the molecule is C#C[C@]1(CO)O[C@@H](n2cnc3c(N)nc(F)nc32)C[C@@H]1OC(=O)N1CCC(C)CC1. The van der Waals surface area contributed by atoms with Gasteiger partial charge in [0.2, 0.25) is 0 Å². The van der Waals surface area contributed by atoms with Crippen molar-refractivity contribution in [3.8, 4) is 12.3 Å². The minimum Gasteiger partial charge on any atom is -0.442 e. The lowest BCUT2D eigenvalue weighted by Gasteiger charge is -2.32. The Kier molecular flexibility index (Phi) is 5.21. The van der Waals surface area contributed by atoms with Crippen molar-refractivity contribution in [2.75, 3.05) is 25.4 Å². The minimum absolute atomic E-state index is 0.109. The van der Waals surface area contributed by atoms with Crippen LogP contribution in [-0.2, 0) is 9.47 Å². The Balaban J connectivity index is 1.58. The number of imidazole rings is 1. The molecule has 0 aliphatic carbocycles. The number of carbonyl (C=O) groups is 1. The Labute approximate surface area is 172 Å². The second-order valence-corrected chi connectivity index (χ2v) is 7.74. The topological polar surface area (TPSA) is 129 Å². The summed E-state index contributed by atoms with van der Waals surface area (Å²) in [5, 5.41) is 9.96. The predicted molar refractivity (Wildman–Crippen MR) is 103 cm³/mol. The molecular weight excluding hydrogens is 395 g/mol. The molecule has 0 saturated carbocycles. The molecule has 160 valence electrons. The van der Waals surface area contributed by atoms with E-state index in [1.54, 1.807) is 4.90 Å². The molecule has 2 fully saturated rings. The molecule has 30 heavy (non-hydrogen) atoms. The van der Waals surface area contributed by atoms with Gasteiger partial charge < -0.3 is 25.2 Å². The molecule has 2 aliphatic rings. The number of fused-ring (bicyclic) bond motifs is 1. The van der Waals surface area contributed by atoms with Crippen LogP contribution in [0.4, 0.5) is 15.0 Å². The third-order valence-electron chi connectivity index (χ3n) is 5.78. The molecule has 2 aromatic heterocycles. The minimum atomic E-state index is -1.54. The number of carbonyl (C=O) groups excluding carboxylic acids is 1. The molecular formula is C19H23FN6O4. The number of terminal acetylenes is 1. The van der Waals surface area contributed by atoms with Crippen molar-refractivity contribution < 1.29 is 23.8 Å². The molecule has 2 aliphatic heterocycles. The van der Waals surface area contributed by atoms with Crippen LogP contribution in [0.1, 0.15) is 32.4 Å². The second kappa shape index (κ2) is 7.70. The number of aromatic nitrogens is 4. The van der Waals surface area contributed by atoms with Crippen LogP contribution in [0.3, 0.4) is 0 Å². The lowest BCUT2D eigenvalue weighted by molar-refractivity contribution is -0.0938. The predicted octanol–water partition coefficient (Wildman–Crippen LogP) is 1.07. The first-order valence-electron chi connectivity index (χ1n) is 9.74. The van der Waals surface area contributed by atoms with Gasteiger partial charge >= 0.3 is 12.2 Å². The monoisotopic (exact) mass is 418 g/mol. The van der Waals surface area contributed by atoms with Gasteiger partial charge in [-0.1, -0.05) is 12.8 Å². The van der Waals surface area contributed by atoms with Crippen LogP contribution < -0.4 is 5.73 Å². The molecule has 11 heteroatoms. The zero-order valence-corrected chi connectivity index (χ0v) is 16.5. The molecule has 2 aromatic rings. The van der Waals surface area contributed by atoms with Gasteiger partial charge in [-0.15, -0.1) is 6.42 Å². The van der Waals surface area contributed by atoms with Crippen LogP contribution in [0.15, 0.2) is 6.33 Å². The van der Waals surface area contributed by atoms with Crippen LogP contribution in [0.2, 0.25) is 0 Å². The molecule has 4 rings (SSSR count). The van der Waals surface area contributed by atoms with E-state index >= 15 is 0 Å². The first kappa shape index (κ1) is 20.3. The maximum Gasteiger partial charge on any atom is 0.410 e. The number of nitrogen functional groups attached to an aromatic ring is 1. The number of nitrogens with zero attached hydrogens (tertiary/aromatic N) is 5. The number of rotatable bonds is 3. The van der Waals surface area contributed by atoms with Gasteiger partial charge in [-0.05, 0) is 18.8 Å². The highest BCUT2D eigenvalue weighted by molar-refractivity contribution is 5.81. The van der Waals surface area contributed by atoms with Gasteiger partial charge in [0, 0.05) is 19.5 Å². The van der Waals surface area contributed by atoms with E-state index in [-0.39, 0.29) is 23.4 Å². The molecule has 0 bridgehead atoms. The largest absolute Gasteiger partial charge is 0.442 e. The summed E-state index contributed by atoms with van der Waals surface area (Å²) in [6.45, 7) is 2.77. The van der Waals surface area contributed by atoms with Crippen molar-refractivity contribution in [1.29, 1.82) is 0 Å². The molecule has 3 N–H and O–H groups in total. The third kappa shape index (κ3) is 3.42. The molecule has 0 aromatic carbocycles. The van der Waals surface area contributed by atoms with Crippen LogP contribution in [0.25, 0.3) is 11.2 Å². The number of anilines is 1. The maximum absolute atomic E-state index is 13.7. The summed E-state index contributed by atoms with van der Waals surface area (Å²) in [6.07, 6.45) is 5.71. The van der Waals surface area contributed by atoms with E-state index in [9.17, 15) is 14.3 Å². The summed E-state index contributed by atoms with van der Waals surface area (Å²) >= 11 is 0. The molecule has 4 heterocycles. The van der Waals surface area contributed by atoms with Crippen molar-refractivity contribution in [2.45, 2.75) is 44.1 Å². The van der Waals surface area contributed by atoms with E-state index in [1.165, 1.54) is 10.9 Å². The lowest BCUT2D eigenvalue weighted by Crippen LogP contribution is -2.47. The van der Waals surface area contributed by atoms with Crippen LogP contribution >= 0.6 is 0 Å². The van der Waals surface area contributed by atoms with Gasteiger partial charge in [0.15, 0.2) is 28.7 Å². The fourth-order valence-electron chi connectivity index (χ4n) is 3.87. The van der Waals surface area contributed by atoms with Crippen molar-refractivity contribution in [3.05, 3.63) is 12.4 Å². The van der Waals surface area contributed by atoms with Crippen molar-refractivity contribution in [1.82, 2.24) is 24.4 Å². The third-order valence-corrected chi connectivity index (χ3v) is 5.78. The van der Waals surface area contributed by atoms with E-state index in [2.05, 4.69) is 27.8 Å². The fourth-order valence-corrected chi connectivity index (χ4v) is 3.87. The molecule has 10 nitrogen and oxygen atoms in total. The van der Waals surface area contributed by atoms with Gasteiger partial charge in [-0.25, -0.2) is 9.78 Å². The quantitative estimate of drug-likeness (QED) is 0.559. The van der Waals surface area contributed by atoms with Crippen molar-refractivity contribution in [2.24, 2.45) is 5.92 Å². The summed E-state index contributed by atoms with van der Waals surface area (Å²) in [4.78, 5) is 25.6. The Morgan fingerprint density at radius 1 is 1.50 bits per heavy atom. The van der Waals surface area contributed by atoms with Gasteiger partial charge in [0.1, 0.15) is 6.23 Å². The number of hydrogen-bond acceptors (Lipinski definition) is 8. The second-order valence-electron chi connectivity index (χ2n) is 7.74. The first-order valence-corrected chi connectivity index (χ1v) is 9.74. The summed E-state index contributed by atoms with van der Waals surface area (Å²) in [6, 6.07) is 0. The number of ether oxygens (including phenoxy) is 2. The van der Waals surface area contributed by atoms with E-state index in [4.69, 9.17) is 21.6 Å². The van der Waals surface area contributed by atoms with Gasteiger partial charge in [0.05, 0.1) is 12.9 Å². The van der Waals surface area contributed by atoms with E-state index in [0.717, 1.165) is 12.8 Å². The number of piperidine rings is 1. The number of halogens is 1. The van der Waals surface area contributed by atoms with Crippen LogP contribution in [0.5, 0.6) is 0 Å². The van der Waals surface area contributed by atoms with Crippen LogP contribution in [0, 0.1) is 24.3 Å². The Bertz CT molecular complexity index is 999. The molecule has 0 spiro atoms. The molecule has 2 saturated heterocycles. The lowest BCUT2D eigenvalue weighted by atomic mass is 9.98. The average molecular weight is 418 g/mol. The number of nitrogens with two attached hydrogens (primary N) is 1. The van der Waals surface area contributed by atoms with Crippen molar-refractivity contribution >= 4 is 23.1 Å². The number of aliphatic hydroxyl groups excluding tert-OH is 1. The smallest absolute Gasteiger partial charge is 0.410 e. The Morgan fingerprint density at radius 2 is 2.23 bits per heavy atom. The number of likely N-dealkylation sites (tertiary alicyclic amines) is 1. The van der Waals surface area contributed by atoms with E-state index < -0.39 is 36.7 Å². The Morgan fingerprint density at radius 3 is 2.90 bits per heavy atom. The normalized spacial score (nSPS) is 27.3. The molecule has 0 unspecified atom stereocenters. The van der Waals surface area contributed by atoms with Gasteiger partial charge in [0.25, 0.3) is 0 Å². The van der Waals surface area contributed by atoms with Gasteiger partial charge in [-0.3, -0.25) is 4.57 Å². The summed E-state index contributed by atoms with van der Waals surface area (Å²) < 4.78 is 26.7. The maximum atomic E-state index is 13.7. The number of hydrogen-bond donors (Lipinski definition) is 2. The van der Waals surface area contributed by atoms with Crippen molar-refractivity contribution in [3.63, 3.8) is 0 Å². The molecule has 3 atom stereocenters. The zero-order valence-electron chi connectivity index (χ0n) is 16.5. The number of aliphatic hydroxyl groups is 1. The highest BCUT2D eigenvalue weighted by Crippen LogP contribution is 2.40. The van der Waals surface area contributed by atoms with E-state index in [1.807, 2.05) is 0 Å². The van der Waals surface area contributed by atoms with Crippen LogP contribution in [-0.4, -0.2) is 67.0 Å².